The molecule has 0 aromatic carbocycles. The molecule has 2 rings (SSSR count). The van der Waals surface area contributed by atoms with E-state index in [0.29, 0.717) is 19.3 Å². The minimum atomic E-state index is -3.93. The van der Waals surface area contributed by atoms with Crippen molar-refractivity contribution in [1.82, 2.24) is 0 Å². The van der Waals surface area contributed by atoms with Crippen molar-refractivity contribution in [3.63, 3.8) is 0 Å². The molecule has 6 heteroatoms. The lowest BCUT2D eigenvalue weighted by molar-refractivity contribution is -0.183. The molecule has 2 aliphatic carbocycles. The Hall–Kier alpha value is -0.810. The molecular formula is C14H20F4O2. The van der Waals surface area contributed by atoms with Crippen molar-refractivity contribution in [3.8, 4) is 0 Å². The minimum Gasteiger partial charge on any atom is -0.462 e. The van der Waals surface area contributed by atoms with Crippen LogP contribution < -0.4 is 0 Å². The maximum absolute atomic E-state index is 13.4. The molecule has 0 amide bonds. The van der Waals surface area contributed by atoms with Crippen molar-refractivity contribution in [2.45, 2.75) is 58.0 Å². The fourth-order valence-corrected chi connectivity index (χ4v) is 3.43. The van der Waals surface area contributed by atoms with Crippen LogP contribution in [-0.4, -0.2) is 24.4 Å². The number of halogens is 4. The van der Waals surface area contributed by atoms with E-state index in [1.54, 1.807) is 6.92 Å². The van der Waals surface area contributed by atoms with Crippen molar-refractivity contribution in [2.75, 3.05) is 0 Å². The maximum Gasteiger partial charge on any atom is 0.310 e. The van der Waals surface area contributed by atoms with Crippen LogP contribution in [0, 0.1) is 23.7 Å². The summed E-state index contributed by atoms with van der Waals surface area (Å²) in [5.41, 5.74) is 0. The molecule has 116 valence electrons. The van der Waals surface area contributed by atoms with E-state index in [4.69, 9.17) is 4.74 Å². The predicted octanol–water partition coefficient (Wildman–Crippen LogP) is 3.89. The number of carbonyl (C=O) groups is 1. The van der Waals surface area contributed by atoms with Gasteiger partial charge in [0.1, 0.15) is 6.10 Å². The Morgan fingerprint density at radius 3 is 2.35 bits per heavy atom. The maximum atomic E-state index is 13.4. The highest BCUT2D eigenvalue weighted by atomic mass is 19.3. The average molecular weight is 296 g/mol. The monoisotopic (exact) mass is 296 g/mol. The molecule has 0 saturated heterocycles. The molecule has 20 heavy (non-hydrogen) atoms. The number of hydrogen-bond donors (Lipinski definition) is 0. The SMILES string of the molecule is CCC(C)C(=O)OC1CC2CC1CC2C(F)(F)C(F)F. The van der Waals surface area contributed by atoms with Gasteiger partial charge < -0.3 is 4.74 Å². The summed E-state index contributed by atoms with van der Waals surface area (Å²) >= 11 is 0. The number of rotatable bonds is 5. The molecule has 2 nitrogen and oxygen atoms in total. The fraction of sp³-hybridized carbons (Fsp3) is 0.929. The molecule has 2 fully saturated rings. The molecular weight excluding hydrogens is 276 g/mol. The summed E-state index contributed by atoms with van der Waals surface area (Å²) in [6, 6.07) is 0. The van der Waals surface area contributed by atoms with Gasteiger partial charge in [0.15, 0.2) is 0 Å². The van der Waals surface area contributed by atoms with Crippen LogP contribution in [0.4, 0.5) is 17.6 Å². The molecule has 0 radical (unpaired) electrons. The van der Waals surface area contributed by atoms with E-state index >= 15 is 0 Å². The van der Waals surface area contributed by atoms with Crippen LogP contribution in [0.3, 0.4) is 0 Å². The van der Waals surface area contributed by atoms with E-state index in [0.717, 1.165) is 0 Å². The van der Waals surface area contributed by atoms with E-state index in [1.807, 2.05) is 6.92 Å². The first-order valence-corrected chi connectivity index (χ1v) is 7.13. The first kappa shape index (κ1) is 15.6. The van der Waals surface area contributed by atoms with Gasteiger partial charge in [-0.2, -0.15) is 8.78 Å². The summed E-state index contributed by atoms with van der Waals surface area (Å²) in [7, 11) is 0. The quantitative estimate of drug-likeness (QED) is 0.568. The second-order valence-electron chi connectivity index (χ2n) is 6.09. The molecule has 5 atom stereocenters. The minimum absolute atomic E-state index is 0.0282. The Balaban J connectivity index is 1.94. The summed E-state index contributed by atoms with van der Waals surface area (Å²) in [4.78, 5) is 11.7. The van der Waals surface area contributed by atoms with Crippen LogP contribution in [0.2, 0.25) is 0 Å². The highest BCUT2D eigenvalue weighted by Gasteiger charge is 2.60. The number of alkyl halides is 4. The molecule has 0 spiro atoms. The standard InChI is InChI=1S/C14H20F4O2/c1-3-7(2)12(19)20-11-6-8-4-9(11)5-10(8)14(17,18)13(15)16/h7-11,13H,3-6H2,1-2H3. The molecule has 0 heterocycles. The molecule has 2 aliphatic rings. The Bertz CT molecular complexity index is 372. The van der Waals surface area contributed by atoms with E-state index in [-0.39, 0.29) is 30.3 Å². The number of carbonyl (C=O) groups excluding carboxylic acids is 1. The Morgan fingerprint density at radius 1 is 1.25 bits per heavy atom. The predicted molar refractivity (Wildman–Crippen MR) is 64.6 cm³/mol. The van der Waals surface area contributed by atoms with Gasteiger partial charge in [0, 0.05) is 5.92 Å². The Kier molecular flexibility index (Phi) is 4.30. The highest BCUT2D eigenvalue weighted by molar-refractivity contribution is 5.72. The van der Waals surface area contributed by atoms with Gasteiger partial charge in [-0.3, -0.25) is 4.79 Å². The third-order valence-electron chi connectivity index (χ3n) is 4.86. The summed E-state index contributed by atoms with van der Waals surface area (Å²) in [5, 5.41) is 0. The van der Waals surface area contributed by atoms with Crippen LogP contribution in [0.5, 0.6) is 0 Å². The number of hydrogen-bond acceptors (Lipinski definition) is 2. The largest absolute Gasteiger partial charge is 0.462 e. The van der Waals surface area contributed by atoms with Crippen molar-refractivity contribution >= 4 is 5.97 Å². The van der Waals surface area contributed by atoms with E-state index < -0.39 is 24.2 Å². The molecule has 0 aliphatic heterocycles. The lowest BCUT2D eigenvalue weighted by Gasteiger charge is -2.32. The van der Waals surface area contributed by atoms with Crippen molar-refractivity contribution in [3.05, 3.63) is 0 Å². The van der Waals surface area contributed by atoms with Crippen molar-refractivity contribution in [2.24, 2.45) is 23.7 Å². The molecule has 0 aromatic rings. The van der Waals surface area contributed by atoms with Gasteiger partial charge >= 0.3 is 18.3 Å². The van der Waals surface area contributed by atoms with Gasteiger partial charge in [-0.05, 0) is 37.5 Å². The number of ether oxygens (including phenoxy) is 1. The second kappa shape index (κ2) is 5.53. The van der Waals surface area contributed by atoms with Crippen LogP contribution in [0.15, 0.2) is 0 Å². The van der Waals surface area contributed by atoms with E-state index in [9.17, 15) is 22.4 Å². The Morgan fingerprint density at radius 2 is 1.90 bits per heavy atom. The highest BCUT2D eigenvalue weighted by Crippen LogP contribution is 2.55. The lowest BCUT2D eigenvalue weighted by atomic mass is 9.83. The van der Waals surface area contributed by atoms with Gasteiger partial charge in [0.2, 0.25) is 0 Å². The molecule has 2 saturated carbocycles. The van der Waals surface area contributed by atoms with E-state index in [1.165, 1.54) is 0 Å². The molecule has 5 unspecified atom stereocenters. The van der Waals surface area contributed by atoms with Crippen LogP contribution in [0.1, 0.15) is 39.5 Å². The lowest BCUT2D eigenvalue weighted by Crippen LogP contribution is -2.41. The zero-order chi connectivity index (χ0) is 15.1. The summed E-state index contributed by atoms with van der Waals surface area (Å²) in [5.74, 6) is -6.38. The summed E-state index contributed by atoms with van der Waals surface area (Å²) in [6.07, 6.45) is -2.54. The normalized spacial score (nSPS) is 34.5. The third kappa shape index (κ3) is 2.66. The smallest absolute Gasteiger partial charge is 0.310 e. The summed E-state index contributed by atoms with van der Waals surface area (Å²) < 4.78 is 57.0. The van der Waals surface area contributed by atoms with Crippen LogP contribution in [-0.2, 0) is 9.53 Å². The van der Waals surface area contributed by atoms with E-state index in [2.05, 4.69) is 0 Å². The zero-order valence-electron chi connectivity index (χ0n) is 11.6. The fourth-order valence-electron chi connectivity index (χ4n) is 3.43. The van der Waals surface area contributed by atoms with Gasteiger partial charge in [0.05, 0.1) is 5.92 Å². The second-order valence-corrected chi connectivity index (χ2v) is 6.09. The molecule has 2 bridgehead atoms. The first-order chi connectivity index (χ1) is 9.27. The van der Waals surface area contributed by atoms with Crippen LogP contribution in [0.25, 0.3) is 0 Å². The third-order valence-corrected chi connectivity index (χ3v) is 4.86. The number of esters is 1. The van der Waals surface area contributed by atoms with Gasteiger partial charge in [-0.25, -0.2) is 8.78 Å². The molecule has 0 N–H and O–H groups in total. The molecule has 0 aromatic heterocycles. The van der Waals surface area contributed by atoms with Crippen molar-refractivity contribution < 1.29 is 27.1 Å². The van der Waals surface area contributed by atoms with Crippen LogP contribution >= 0.6 is 0 Å². The number of fused-ring (bicyclic) bond motifs is 2. The van der Waals surface area contributed by atoms with Gasteiger partial charge in [0.25, 0.3) is 0 Å². The topological polar surface area (TPSA) is 26.3 Å². The van der Waals surface area contributed by atoms with Gasteiger partial charge in [-0.1, -0.05) is 13.8 Å². The summed E-state index contributed by atoms with van der Waals surface area (Å²) in [6.45, 7) is 3.62. The average Bonchev–Trinajstić information content (AvgIpc) is 2.97. The Labute approximate surface area is 115 Å². The first-order valence-electron chi connectivity index (χ1n) is 7.13. The zero-order valence-corrected chi connectivity index (χ0v) is 11.6. The van der Waals surface area contributed by atoms with Crippen molar-refractivity contribution in [1.29, 1.82) is 0 Å². The van der Waals surface area contributed by atoms with Gasteiger partial charge in [-0.15, -0.1) is 0 Å².